The standard InChI is InChI=1S/2C9H14N2O2.C7H14N2O7P2.C7H10N2O2.C5H8N2.C4H7BrO2/c1-3-8-5-11(7-10-8)6-9(12)13-4-2;1-3-8-5-10-7-11(8)6-9(12)13-4-2;1-2-6-3-9(5-8-6)4-7(10,17(11,12)13)18(14,15)16;1-2-6-3-9(5-8-6)4-7(10)11;1-2-5-3-6-4-7-5;1-2-7-4(6)3-5/h2*5,7H,3-4,6H2,1-2H3;3,5,10H,2,4H2,1H3,(H2,11,12,13)(H2,14,15,16);3,5H,2,4H2,1H3,(H,10,11);3-4H,2H2,1H3,(H,6,7);2-3H2,1H3. The third kappa shape index (κ3) is 25.7. The van der Waals surface area contributed by atoms with Gasteiger partial charge in [0.15, 0.2) is 0 Å². The van der Waals surface area contributed by atoms with Crippen LogP contribution in [0.3, 0.4) is 0 Å². The van der Waals surface area contributed by atoms with Gasteiger partial charge in [-0.25, -0.2) is 24.9 Å². The van der Waals surface area contributed by atoms with Gasteiger partial charge in [0.2, 0.25) is 0 Å². The van der Waals surface area contributed by atoms with Crippen molar-refractivity contribution < 1.29 is 72.3 Å². The second-order valence-corrected chi connectivity index (χ2v) is 18.3. The van der Waals surface area contributed by atoms with Crippen LogP contribution in [0.15, 0.2) is 62.6 Å². The minimum absolute atomic E-state index is 0.00694. The van der Waals surface area contributed by atoms with Gasteiger partial charge in [-0.2, -0.15) is 0 Å². The summed E-state index contributed by atoms with van der Waals surface area (Å²) in [6.45, 7) is 16.1. The van der Waals surface area contributed by atoms with Gasteiger partial charge in [0, 0.05) is 42.4 Å². The number of esters is 3. The minimum Gasteiger partial charge on any atom is -0.480 e. The Morgan fingerprint density at radius 3 is 1.42 bits per heavy atom. The summed E-state index contributed by atoms with van der Waals surface area (Å²) in [6.07, 6.45) is 20.4. The zero-order chi connectivity index (χ0) is 52.6. The summed E-state index contributed by atoms with van der Waals surface area (Å²) in [7, 11) is -10.9. The summed E-state index contributed by atoms with van der Waals surface area (Å²) >= 11 is 2.94. The fourth-order valence-electron chi connectivity index (χ4n) is 4.95. The van der Waals surface area contributed by atoms with Gasteiger partial charge in [-0.15, -0.1) is 0 Å². The quantitative estimate of drug-likeness (QED) is 0.0267. The van der Waals surface area contributed by atoms with Crippen LogP contribution >= 0.6 is 31.1 Å². The molecule has 0 amide bonds. The number of hydrogen-bond donors (Lipinski definition) is 7. The summed E-state index contributed by atoms with van der Waals surface area (Å²) < 4.78 is 42.4. The molecule has 0 aliphatic carbocycles. The average Bonchev–Trinajstić information content (AvgIpc) is 4.16. The van der Waals surface area contributed by atoms with Crippen LogP contribution in [0.2, 0.25) is 0 Å². The maximum absolute atomic E-state index is 11.1. The SMILES string of the molecule is CCOC(=O)CBr.CCOC(=O)Cn1cnc(CC)c1.CCOC(=O)Cn1cncc1CC.CCc1cn(CC(=O)O)cn1.CCc1cn(CC(O)(P(=O)(O)O)P(=O)(O)O)cn1.CCc1cnc[nH]1. The predicted molar refractivity (Wildman–Crippen MR) is 255 cm³/mol. The van der Waals surface area contributed by atoms with E-state index < -0.39 is 32.8 Å². The van der Waals surface area contributed by atoms with Crippen molar-refractivity contribution in [1.29, 1.82) is 0 Å². The van der Waals surface area contributed by atoms with Crippen LogP contribution in [0.4, 0.5) is 0 Å². The first kappa shape index (κ1) is 63.7. The Bertz CT molecular complexity index is 2280. The van der Waals surface area contributed by atoms with Crippen LogP contribution in [-0.2, 0) is 101 Å². The maximum Gasteiger partial charge on any atom is 0.371 e. The third-order valence-corrected chi connectivity index (χ3v) is 12.7. The van der Waals surface area contributed by atoms with E-state index >= 15 is 0 Å². The number of aliphatic hydroxyl groups is 1. The van der Waals surface area contributed by atoms with Crippen molar-refractivity contribution in [2.45, 2.75) is 119 Å². The van der Waals surface area contributed by atoms with E-state index in [4.69, 9.17) is 34.2 Å². The van der Waals surface area contributed by atoms with Gasteiger partial charge in [-0.3, -0.25) is 28.3 Å². The van der Waals surface area contributed by atoms with E-state index in [1.165, 1.54) is 18.2 Å². The number of aromatic nitrogens is 10. The molecule has 0 aromatic carbocycles. The molecule has 0 fully saturated rings. The van der Waals surface area contributed by atoms with Crippen molar-refractivity contribution in [2.24, 2.45) is 0 Å². The lowest BCUT2D eigenvalue weighted by molar-refractivity contribution is -0.144. The van der Waals surface area contributed by atoms with Crippen LogP contribution in [0, 0.1) is 0 Å². The molecular weight excluding hydrogens is 1010 g/mol. The second kappa shape index (κ2) is 34.0. The van der Waals surface area contributed by atoms with E-state index in [1.54, 1.807) is 72.8 Å². The zero-order valence-electron chi connectivity index (χ0n) is 40.1. The molecule has 0 atom stereocenters. The molecule has 0 radical (unpaired) electrons. The van der Waals surface area contributed by atoms with Gasteiger partial charge in [-0.1, -0.05) is 50.5 Å². The molecule has 28 heteroatoms. The van der Waals surface area contributed by atoms with Crippen LogP contribution in [0.5, 0.6) is 0 Å². The number of aliphatic carboxylic acids is 1. The molecule has 0 saturated heterocycles. The van der Waals surface area contributed by atoms with Gasteiger partial charge in [0.1, 0.15) is 25.0 Å². The van der Waals surface area contributed by atoms with Gasteiger partial charge < -0.3 is 67.2 Å². The first-order valence-corrected chi connectivity index (χ1v) is 25.9. The number of alkyl halides is 1. The molecule has 0 saturated carbocycles. The van der Waals surface area contributed by atoms with Crippen molar-refractivity contribution in [1.82, 2.24) is 48.2 Å². The van der Waals surface area contributed by atoms with E-state index in [9.17, 15) is 33.4 Å². The van der Waals surface area contributed by atoms with Crippen molar-refractivity contribution in [2.75, 3.05) is 25.2 Å². The van der Waals surface area contributed by atoms with Crippen LogP contribution in [-0.4, -0.2) is 132 Å². The van der Waals surface area contributed by atoms with E-state index in [0.717, 1.165) is 53.7 Å². The summed E-state index contributed by atoms with van der Waals surface area (Å²) in [5, 5.41) is 14.9. The van der Waals surface area contributed by atoms with E-state index in [1.807, 2.05) is 33.2 Å². The molecule has 388 valence electrons. The van der Waals surface area contributed by atoms with Crippen molar-refractivity contribution in [3.05, 3.63) is 91.1 Å². The van der Waals surface area contributed by atoms with E-state index in [2.05, 4.69) is 57.5 Å². The lowest BCUT2D eigenvalue weighted by Crippen LogP contribution is -2.33. The largest absolute Gasteiger partial charge is 0.480 e. The molecule has 0 bridgehead atoms. The van der Waals surface area contributed by atoms with Gasteiger partial charge in [0.25, 0.3) is 5.08 Å². The van der Waals surface area contributed by atoms with Gasteiger partial charge in [-0.05, 0) is 52.9 Å². The number of halogens is 1. The highest BCUT2D eigenvalue weighted by atomic mass is 79.9. The number of imidazole rings is 5. The highest BCUT2D eigenvalue weighted by Crippen LogP contribution is 2.68. The van der Waals surface area contributed by atoms with Gasteiger partial charge in [0.05, 0.1) is 75.1 Å². The number of carbonyl (C=O) groups excluding carboxylic acids is 3. The summed E-state index contributed by atoms with van der Waals surface area (Å²) in [5.74, 6) is -1.48. The summed E-state index contributed by atoms with van der Waals surface area (Å²) in [6, 6.07) is 0. The predicted octanol–water partition coefficient (Wildman–Crippen LogP) is 3.91. The summed E-state index contributed by atoms with van der Waals surface area (Å²) in [4.78, 5) is 101. The molecule has 25 nitrogen and oxygen atoms in total. The lowest BCUT2D eigenvalue weighted by atomic mass is 10.3. The molecule has 0 aliphatic heterocycles. The van der Waals surface area contributed by atoms with E-state index in [-0.39, 0.29) is 37.5 Å². The number of carboxylic acid groups (broad SMARTS) is 1. The Kier molecular flexibility index (Phi) is 31.4. The molecule has 5 aromatic heterocycles. The van der Waals surface area contributed by atoms with Crippen molar-refractivity contribution >= 4 is 55.0 Å². The number of carbonyl (C=O) groups is 4. The highest BCUT2D eigenvalue weighted by molar-refractivity contribution is 9.09. The molecule has 7 N–H and O–H groups in total. The fourth-order valence-corrected chi connectivity index (χ4v) is 7.16. The fraction of sp³-hybridized carbons (Fsp3) is 0.537. The molecule has 0 aliphatic rings. The monoisotopic (exact) mass is 1080 g/mol. The Morgan fingerprint density at radius 1 is 0.623 bits per heavy atom. The van der Waals surface area contributed by atoms with Crippen LogP contribution in [0.1, 0.15) is 83.9 Å². The molecule has 69 heavy (non-hydrogen) atoms. The molecule has 5 rings (SSSR count). The first-order chi connectivity index (χ1) is 32.5. The first-order valence-electron chi connectivity index (χ1n) is 21.6. The average molecular weight is 1080 g/mol. The molecule has 5 aromatic rings. The number of hydrogen-bond acceptors (Lipinski definition) is 15. The number of carboxylic acids is 1. The minimum atomic E-state index is -5.43. The number of nitrogens with zero attached hydrogens (tertiary/aromatic N) is 9. The maximum atomic E-state index is 11.1. The second-order valence-electron chi connectivity index (χ2n) is 13.8. The Labute approximate surface area is 409 Å². The molecule has 5 heterocycles. The Hall–Kier alpha value is -5.33. The number of ether oxygens (including phenoxy) is 3. The molecule has 0 spiro atoms. The topological polar surface area (TPSA) is 351 Å². The third-order valence-electron chi connectivity index (χ3n) is 8.53. The lowest BCUT2D eigenvalue weighted by Gasteiger charge is -2.29. The number of nitrogens with one attached hydrogen (secondary N) is 1. The Morgan fingerprint density at radius 2 is 1.07 bits per heavy atom. The molecule has 0 unspecified atom stereocenters. The molecular formula is C41H67BrN10O15P2. The highest BCUT2D eigenvalue weighted by Gasteiger charge is 2.59. The normalized spacial score (nSPS) is 10.8. The van der Waals surface area contributed by atoms with Crippen LogP contribution < -0.4 is 0 Å². The number of aryl methyl sites for hydroxylation is 5. The zero-order valence-corrected chi connectivity index (χ0v) is 43.5. The van der Waals surface area contributed by atoms with Gasteiger partial charge >= 0.3 is 39.1 Å². The summed E-state index contributed by atoms with van der Waals surface area (Å²) in [5.41, 5.74) is 4.72. The number of H-pyrrole nitrogens is 1. The number of rotatable bonds is 19. The van der Waals surface area contributed by atoms with Crippen molar-refractivity contribution in [3.63, 3.8) is 0 Å². The number of aromatic amines is 1. The van der Waals surface area contributed by atoms with Crippen molar-refractivity contribution in [3.8, 4) is 0 Å². The Balaban J connectivity index is 0.000000827. The van der Waals surface area contributed by atoms with Crippen LogP contribution in [0.25, 0.3) is 0 Å². The van der Waals surface area contributed by atoms with E-state index in [0.29, 0.717) is 37.3 Å². The smallest absolute Gasteiger partial charge is 0.371 e.